The van der Waals surface area contributed by atoms with Gasteiger partial charge >= 0.3 is 0 Å². The molecule has 132 valence electrons. The molecule has 0 aliphatic carbocycles. The van der Waals surface area contributed by atoms with E-state index in [1.54, 1.807) is 0 Å². The molecule has 2 heterocycles. The van der Waals surface area contributed by atoms with Gasteiger partial charge in [-0.1, -0.05) is 0 Å². The van der Waals surface area contributed by atoms with Crippen LogP contribution in [0.3, 0.4) is 0 Å². The third kappa shape index (κ3) is 4.50. The highest BCUT2D eigenvalue weighted by atomic mass is 16.5. The molecule has 0 unspecified atom stereocenters. The monoisotopic (exact) mass is 342 g/mol. The van der Waals surface area contributed by atoms with E-state index in [-0.39, 0.29) is 5.69 Å². The van der Waals surface area contributed by atoms with Crippen LogP contribution in [0, 0.1) is 11.3 Å². The van der Waals surface area contributed by atoms with Crippen LogP contribution in [0.5, 0.6) is 5.75 Å². The van der Waals surface area contributed by atoms with Crippen LogP contribution in [0.25, 0.3) is 11.5 Å². The lowest BCUT2D eigenvalue weighted by Gasteiger charge is -2.26. The molecule has 1 aromatic carbocycles. The minimum atomic E-state index is 0.269. The minimum Gasteiger partial charge on any atom is -0.494 e. The zero-order chi connectivity index (χ0) is 17.5. The van der Waals surface area contributed by atoms with Crippen molar-refractivity contribution >= 4 is 5.88 Å². The lowest BCUT2D eigenvalue weighted by molar-refractivity contribution is 0.0398. The molecule has 1 aliphatic rings. The van der Waals surface area contributed by atoms with Gasteiger partial charge in [0.2, 0.25) is 17.5 Å². The van der Waals surface area contributed by atoms with Crippen LogP contribution in [0.15, 0.2) is 28.7 Å². The van der Waals surface area contributed by atoms with E-state index in [1.165, 1.54) is 0 Å². The molecule has 0 bridgehead atoms. The number of aromatic nitrogens is 1. The number of benzene rings is 1. The summed E-state index contributed by atoms with van der Waals surface area (Å²) in [4.78, 5) is 6.59. The summed E-state index contributed by atoms with van der Waals surface area (Å²) in [5, 5.41) is 12.5. The fraction of sp³-hybridized carbons (Fsp3) is 0.444. The van der Waals surface area contributed by atoms with Crippen LogP contribution >= 0.6 is 0 Å². The van der Waals surface area contributed by atoms with Crippen molar-refractivity contribution in [2.45, 2.75) is 6.92 Å². The third-order valence-corrected chi connectivity index (χ3v) is 3.96. The first kappa shape index (κ1) is 17.3. The molecule has 0 radical (unpaired) electrons. The first-order chi connectivity index (χ1) is 12.3. The van der Waals surface area contributed by atoms with Crippen molar-refractivity contribution in [3.8, 4) is 23.3 Å². The molecule has 2 aromatic rings. The second-order valence-corrected chi connectivity index (χ2v) is 5.65. The number of oxazole rings is 1. The van der Waals surface area contributed by atoms with E-state index >= 15 is 0 Å². The van der Waals surface area contributed by atoms with E-state index < -0.39 is 0 Å². The van der Waals surface area contributed by atoms with Gasteiger partial charge in [0.15, 0.2) is 0 Å². The summed E-state index contributed by atoms with van der Waals surface area (Å²) < 4.78 is 16.5. The van der Waals surface area contributed by atoms with Crippen LogP contribution in [0.1, 0.15) is 12.6 Å². The number of hydrogen-bond donors (Lipinski definition) is 1. The Morgan fingerprint density at radius 2 is 2.04 bits per heavy atom. The Labute approximate surface area is 147 Å². The molecule has 0 atom stereocenters. The first-order valence-electron chi connectivity index (χ1n) is 8.48. The number of rotatable bonds is 7. The van der Waals surface area contributed by atoms with Crippen molar-refractivity contribution < 1.29 is 13.9 Å². The van der Waals surface area contributed by atoms with Gasteiger partial charge in [0.05, 0.1) is 19.8 Å². The van der Waals surface area contributed by atoms with Gasteiger partial charge in [-0.3, -0.25) is 4.90 Å². The highest BCUT2D eigenvalue weighted by molar-refractivity contribution is 5.59. The lowest BCUT2D eigenvalue weighted by Crippen LogP contribution is -2.39. The molecule has 1 fully saturated rings. The molecule has 1 aliphatic heterocycles. The van der Waals surface area contributed by atoms with E-state index in [0.717, 1.165) is 44.2 Å². The second kappa shape index (κ2) is 8.51. The van der Waals surface area contributed by atoms with Gasteiger partial charge in [-0.2, -0.15) is 10.2 Å². The maximum atomic E-state index is 9.28. The standard InChI is InChI=1S/C18H22N4O3/c1-2-24-15-5-3-14(4-6-15)17-21-16(13-19)18(25-17)20-7-8-22-9-11-23-12-10-22/h3-6,20H,2,7-12H2,1H3. The molecular formula is C18H22N4O3. The summed E-state index contributed by atoms with van der Waals surface area (Å²) in [5.41, 5.74) is 1.08. The molecule has 25 heavy (non-hydrogen) atoms. The zero-order valence-corrected chi connectivity index (χ0v) is 14.3. The molecule has 7 heteroatoms. The molecule has 1 aromatic heterocycles. The topological polar surface area (TPSA) is 83.5 Å². The van der Waals surface area contributed by atoms with Crippen LogP contribution in [-0.2, 0) is 4.74 Å². The fourth-order valence-corrected chi connectivity index (χ4v) is 2.65. The van der Waals surface area contributed by atoms with E-state index in [2.05, 4.69) is 21.3 Å². The van der Waals surface area contributed by atoms with Crippen molar-refractivity contribution in [1.82, 2.24) is 9.88 Å². The van der Waals surface area contributed by atoms with E-state index in [1.807, 2.05) is 31.2 Å². The predicted molar refractivity (Wildman–Crippen MR) is 93.6 cm³/mol. The Morgan fingerprint density at radius 1 is 1.28 bits per heavy atom. The summed E-state index contributed by atoms with van der Waals surface area (Å²) in [6, 6.07) is 9.54. The Bertz CT molecular complexity index is 715. The van der Waals surface area contributed by atoms with Gasteiger partial charge in [-0.15, -0.1) is 0 Å². The highest BCUT2D eigenvalue weighted by Crippen LogP contribution is 2.26. The molecule has 3 rings (SSSR count). The quantitative estimate of drug-likeness (QED) is 0.827. The number of nitrogens with zero attached hydrogens (tertiary/aromatic N) is 3. The smallest absolute Gasteiger partial charge is 0.232 e. The summed E-state index contributed by atoms with van der Waals surface area (Å²) in [7, 11) is 0. The summed E-state index contributed by atoms with van der Waals surface area (Å²) in [5.74, 6) is 1.63. The van der Waals surface area contributed by atoms with Gasteiger partial charge in [-0.25, -0.2) is 0 Å². The highest BCUT2D eigenvalue weighted by Gasteiger charge is 2.15. The molecule has 0 spiro atoms. The van der Waals surface area contributed by atoms with E-state index in [0.29, 0.717) is 24.9 Å². The SMILES string of the molecule is CCOc1ccc(-c2nc(C#N)c(NCCN3CCOCC3)o2)cc1. The van der Waals surface area contributed by atoms with Gasteiger partial charge in [0, 0.05) is 31.7 Å². The molecule has 0 amide bonds. The van der Waals surface area contributed by atoms with E-state index in [9.17, 15) is 5.26 Å². The van der Waals surface area contributed by atoms with E-state index in [4.69, 9.17) is 13.9 Å². The van der Waals surface area contributed by atoms with Crippen molar-refractivity contribution in [2.24, 2.45) is 0 Å². The summed E-state index contributed by atoms with van der Waals surface area (Å²) in [6.07, 6.45) is 0. The molecule has 1 N–H and O–H groups in total. The Balaban J connectivity index is 1.63. The number of nitriles is 1. The number of ether oxygens (including phenoxy) is 2. The molecular weight excluding hydrogens is 320 g/mol. The minimum absolute atomic E-state index is 0.269. The fourth-order valence-electron chi connectivity index (χ4n) is 2.65. The Hall–Kier alpha value is -2.56. The Morgan fingerprint density at radius 3 is 2.72 bits per heavy atom. The van der Waals surface area contributed by atoms with Crippen molar-refractivity contribution in [2.75, 3.05) is 51.3 Å². The largest absolute Gasteiger partial charge is 0.494 e. The lowest BCUT2D eigenvalue weighted by atomic mass is 10.2. The van der Waals surface area contributed by atoms with Crippen LogP contribution in [-0.4, -0.2) is 55.9 Å². The van der Waals surface area contributed by atoms with Gasteiger partial charge in [0.25, 0.3) is 0 Å². The molecule has 7 nitrogen and oxygen atoms in total. The predicted octanol–water partition coefficient (Wildman–Crippen LogP) is 2.36. The molecule has 1 saturated heterocycles. The van der Waals surface area contributed by atoms with Crippen molar-refractivity contribution in [3.05, 3.63) is 30.0 Å². The maximum Gasteiger partial charge on any atom is 0.232 e. The van der Waals surface area contributed by atoms with Gasteiger partial charge < -0.3 is 19.2 Å². The number of anilines is 1. The summed E-state index contributed by atoms with van der Waals surface area (Å²) >= 11 is 0. The maximum absolute atomic E-state index is 9.28. The van der Waals surface area contributed by atoms with Crippen LogP contribution in [0.2, 0.25) is 0 Å². The second-order valence-electron chi connectivity index (χ2n) is 5.65. The first-order valence-corrected chi connectivity index (χ1v) is 8.48. The number of morpholine rings is 1. The van der Waals surface area contributed by atoms with Crippen LogP contribution in [0.4, 0.5) is 5.88 Å². The number of nitrogens with one attached hydrogen (secondary N) is 1. The van der Waals surface area contributed by atoms with Crippen molar-refractivity contribution in [1.29, 1.82) is 5.26 Å². The third-order valence-electron chi connectivity index (χ3n) is 3.96. The molecule has 0 saturated carbocycles. The average molecular weight is 342 g/mol. The van der Waals surface area contributed by atoms with Crippen LogP contribution < -0.4 is 10.1 Å². The number of hydrogen-bond acceptors (Lipinski definition) is 7. The van der Waals surface area contributed by atoms with Crippen molar-refractivity contribution in [3.63, 3.8) is 0 Å². The average Bonchev–Trinajstić information content (AvgIpc) is 3.07. The summed E-state index contributed by atoms with van der Waals surface area (Å²) in [6.45, 7) is 7.52. The normalized spacial score (nSPS) is 14.9. The van der Waals surface area contributed by atoms with Gasteiger partial charge in [0.1, 0.15) is 11.8 Å². The zero-order valence-electron chi connectivity index (χ0n) is 14.3. The van der Waals surface area contributed by atoms with Gasteiger partial charge in [-0.05, 0) is 31.2 Å². The Kier molecular flexibility index (Phi) is 5.88.